The average Bonchev–Trinajstić information content (AvgIpc) is 3.22. The Bertz CT molecular complexity index is 700. The molecule has 0 bridgehead atoms. The summed E-state index contributed by atoms with van der Waals surface area (Å²) in [7, 11) is 0. The van der Waals surface area contributed by atoms with E-state index in [1.54, 1.807) is 17.4 Å². The second-order valence-corrected chi connectivity index (χ2v) is 8.25. The zero-order valence-electron chi connectivity index (χ0n) is 15.2. The zero-order valence-corrected chi connectivity index (χ0v) is 16.0. The van der Waals surface area contributed by atoms with Crippen molar-refractivity contribution in [1.82, 2.24) is 20.4 Å². The van der Waals surface area contributed by atoms with Crippen molar-refractivity contribution in [2.75, 3.05) is 19.6 Å². The maximum atomic E-state index is 12.5. The summed E-state index contributed by atoms with van der Waals surface area (Å²) in [6, 6.07) is 5.78. The van der Waals surface area contributed by atoms with Crippen molar-refractivity contribution >= 4 is 17.2 Å². The number of carbonyl (C=O) groups is 1. The molecule has 0 aliphatic carbocycles. The van der Waals surface area contributed by atoms with Gasteiger partial charge in [-0.1, -0.05) is 6.07 Å². The van der Waals surface area contributed by atoms with Gasteiger partial charge in [-0.15, -0.1) is 11.3 Å². The third-order valence-electron chi connectivity index (χ3n) is 4.55. The molecule has 2 aromatic heterocycles. The monoisotopic (exact) mass is 362 g/mol. The lowest BCUT2D eigenvalue weighted by atomic mass is 10.00. The van der Waals surface area contributed by atoms with Crippen LogP contribution < -0.4 is 5.32 Å². The molecule has 2 aromatic rings. The number of rotatable bonds is 5. The first-order chi connectivity index (χ1) is 11.8. The number of amides is 1. The molecule has 1 fully saturated rings. The number of H-pyrrole nitrogens is 1. The number of nitrogens with one attached hydrogen (secondary N) is 2. The van der Waals surface area contributed by atoms with E-state index >= 15 is 0 Å². The van der Waals surface area contributed by atoms with Gasteiger partial charge in [-0.3, -0.25) is 14.8 Å². The lowest BCUT2D eigenvalue weighted by Gasteiger charge is -2.45. The molecule has 0 saturated carbocycles. The van der Waals surface area contributed by atoms with E-state index in [0.717, 1.165) is 23.7 Å². The molecule has 25 heavy (non-hydrogen) atoms. The van der Waals surface area contributed by atoms with Crippen molar-refractivity contribution in [2.24, 2.45) is 0 Å². The number of ether oxygens (including phenoxy) is 1. The molecule has 1 amide bonds. The number of thiophene rings is 1. The van der Waals surface area contributed by atoms with Crippen LogP contribution in [0.15, 0.2) is 23.6 Å². The van der Waals surface area contributed by atoms with Crippen molar-refractivity contribution in [3.05, 3.63) is 29.3 Å². The molecule has 3 rings (SSSR count). The molecule has 2 unspecified atom stereocenters. The van der Waals surface area contributed by atoms with Gasteiger partial charge in [0.2, 0.25) is 0 Å². The molecule has 3 heterocycles. The van der Waals surface area contributed by atoms with Gasteiger partial charge in [-0.05, 0) is 45.2 Å². The summed E-state index contributed by atoms with van der Waals surface area (Å²) < 4.78 is 5.80. The van der Waals surface area contributed by atoms with Crippen LogP contribution in [-0.2, 0) is 4.74 Å². The molecule has 6 nitrogen and oxygen atoms in total. The van der Waals surface area contributed by atoms with Gasteiger partial charge in [0.25, 0.3) is 5.91 Å². The van der Waals surface area contributed by atoms with E-state index < -0.39 is 0 Å². The molecule has 2 N–H and O–H groups in total. The minimum absolute atomic E-state index is 0.144. The summed E-state index contributed by atoms with van der Waals surface area (Å²) in [6.07, 6.45) is 0.414. The third-order valence-corrected chi connectivity index (χ3v) is 5.46. The summed E-state index contributed by atoms with van der Waals surface area (Å²) in [4.78, 5) is 15.9. The third kappa shape index (κ3) is 4.29. The quantitative estimate of drug-likeness (QED) is 0.858. The highest BCUT2D eigenvalue weighted by Gasteiger charge is 2.33. The molecule has 2 atom stereocenters. The summed E-state index contributed by atoms with van der Waals surface area (Å²) in [5.41, 5.74) is 1.15. The van der Waals surface area contributed by atoms with Crippen LogP contribution in [0.4, 0.5) is 0 Å². The molecule has 1 aliphatic heterocycles. The Kier molecular flexibility index (Phi) is 5.27. The molecule has 0 spiro atoms. The molecule has 7 heteroatoms. The van der Waals surface area contributed by atoms with Crippen LogP contribution in [0.5, 0.6) is 0 Å². The van der Waals surface area contributed by atoms with E-state index in [4.69, 9.17) is 4.74 Å². The molecular formula is C18H26N4O2S. The van der Waals surface area contributed by atoms with Crippen LogP contribution in [0.25, 0.3) is 10.6 Å². The molecule has 136 valence electrons. The van der Waals surface area contributed by atoms with E-state index in [1.807, 2.05) is 17.5 Å². The Hall–Kier alpha value is -1.70. The smallest absolute Gasteiger partial charge is 0.271 e. The number of carbonyl (C=O) groups excluding carboxylic acids is 1. The first-order valence-corrected chi connectivity index (χ1v) is 9.51. The summed E-state index contributed by atoms with van der Waals surface area (Å²) in [6.45, 7) is 10.8. The van der Waals surface area contributed by atoms with Gasteiger partial charge in [-0.2, -0.15) is 5.10 Å². The fourth-order valence-corrected chi connectivity index (χ4v) is 3.86. The predicted molar refractivity (Wildman–Crippen MR) is 99.9 cm³/mol. The summed E-state index contributed by atoms with van der Waals surface area (Å²) in [5.74, 6) is -0.151. The van der Waals surface area contributed by atoms with Crippen molar-refractivity contribution < 1.29 is 9.53 Å². The topological polar surface area (TPSA) is 70.2 Å². The van der Waals surface area contributed by atoms with E-state index in [9.17, 15) is 4.79 Å². The van der Waals surface area contributed by atoms with Gasteiger partial charge in [0, 0.05) is 25.2 Å². The Balaban J connectivity index is 1.59. The maximum absolute atomic E-state index is 12.5. The van der Waals surface area contributed by atoms with Crippen molar-refractivity contribution in [2.45, 2.75) is 45.4 Å². The van der Waals surface area contributed by atoms with Crippen LogP contribution in [0, 0.1) is 0 Å². The van der Waals surface area contributed by atoms with Gasteiger partial charge in [0.1, 0.15) is 0 Å². The average molecular weight is 362 g/mol. The van der Waals surface area contributed by atoms with Crippen molar-refractivity contribution in [3.8, 4) is 10.6 Å². The summed E-state index contributed by atoms with van der Waals surface area (Å²) >= 11 is 1.62. The minimum atomic E-state index is -0.151. The predicted octanol–water partition coefficient (Wildman–Crippen LogP) is 2.76. The number of aromatic amines is 1. The Morgan fingerprint density at radius 3 is 2.80 bits per heavy atom. The van der Waals surface area contributed by atoms with Gasteiger partial charge >= 0.3 is 0 Å². The van der Waals surface area contributed by atoms with Crippen LogP contribution in [0.1, 0.15) is 38.2 Å². The number of hydrogen-bond donors (Lipinski definition) is 2. The molecule has 1 saturated heterocycles. The Labute approximate surface area is 152 Å². The van der Waals surface area contributed by atoms with Gasteiger partial charge in [0.05, 0.1) is 22.8 Å². The Morgan fingerprint density at radius 1 is 1.44 bits per heavy atom. The number of hydrogen-bond acceptors (Lipinski definition) is 5. The lowest BCUT2D eigenvalue weighted by Crippen LogP contribution is -2.58. The van der Waals surface area contributed by atoms with Crippen LogP contribution >= 0.6 is 11.3 Å². The van der Waals surface area contributed by atoms with Crippen LogP contribution in [-0.4, -0.2) is 58.4 Å². The highest BCUT2D eigenvalue weighted by molar-refractivity contribution is 7.13. The molecule has 0 aromatic carbocycles. The number of aromatic nitrogens is 2. The first-order valence-electron chi connectivity index (χ1n) is 8.63. The standard InChI is InChI=1S/C18H26N4O2S/c1-12-9-22(10-13(2)24-12)18(3,4)11-19-17(23)15-8-14(20-21-15)16-6-5-7-25-16/h5-8,12-13H,9-11H2,1-4H3,(H,19,23)(H,20,21). The van der Waals surface area contributed by atoms with Crippen LogP contribution in [0.2, 0.25) is 0 Å². The zero-order chi connectivity index (χ0) is 18.0. The van der Waals surface area contributed by atoms with Crippen molar-refractivity contribution in [1.29, 1.82) is 0 Å². The van der Waals surface area contributed by atoms with Gasteiger partial charge < -0.3 is 10.1 Å². The minimum Gasteiger partial charge on any atom is -0.373 e. The van der Waals surface area contributed by atoms with E-state index in [0.29, 0.717) is 12.2 Å². The van der Waals surface area contributed by atoms with E-state index in [-0.39, 0.29) is 23.7 Å². The highest BCUT2D eigenvalue weighted by Crippen LogP contribution is 2.23. The van der Waals surface area contributed by atoms with Gasteiger partial charge in [-0.25, -0.2) is 0 Å². The molecular weight excluding hydrogens is 336 g/mol. The second-order valence-electron chi connectivity index (χ2n) is 7.30. The number of morpholine rings is 1. The van der Waals surface area contributed by atoms with Crippen LogP contribution in [0.3, 0.4) is 0 Å². The fraction of sp³-hybridized carbons (Fsp3) is 0.556. The molecule has 0 radical (unpaired) electrons. The summed E-state index contributed by atoms with van der Waals surface area (Å²) in [5, 5.41) is 12.1. The lowest BCUT2D eigenvalue weighted by molar-refractivity contribution is -0.0948. The highest BCUT2D eigenvalue weighted by atomic mass is 32.1. The normalized spacial score (nSPS) is 22.1. The SMILES string of the molecule is CC1CN(C(C)(C)CNC(=O)c2cc(-c3cccs3)[nH]n2)CC(C)O1. The van der Waals surface area contributed by atoms with Crippen molar-refractivity contribution in [3.63, 3.8) is 0 Å². The second kappa shape index (κ2) is 7.27. The van der Waals surface area contributed by atoms with E-state index in [1.165, 1.54) is 0 Å². The first kappa shape index (κ1) is 18.1. The van der Waals surface area contributed by atoms with E-state index in [2.05, 4.69) is 48.1 Å². The largest absolute Gasteiger partial charge is 0.373 e. The number of nitrogens with zero attached hydrogens (tertiary/aromatic N) is 2. The van der Waals surface area contributed by atoms with Gasteiger partial charge in [0.15, 0.2) is 5.69 Å². The fourth-order valence-electron chi connectivity index (χ4n) is 3.17. The maximum Gasteiger partial charge on any atom is 0.271 e. The molecule has 1 aliphatic rings. The Morgan fingerprint density at radius 2 is 2.16 bits per heavy atom.